The molecule has 0 radical (unpaired) electrons. The number of carbonyl (C=O) groups is 1. The van der Waals surface area contributed by atoms with Crippen molar-refractivity contribution in [2.24, 2.45) is 0 Å². The lowest BCUT2D eigenvalue weighted by Gasteiger charge is -2.24. The summed E-state index contributed by atoms with van der Waals surface area (Å²) in [7, 11) is 0. The number of anilines is 1. The molecule has 1 aromatic carbocycles. The first-order chi connectivity index (χ1) is 8.77. The molecule has 0 atom stereocenters. The minimum absolute atomic E-state index is 0.0152. The van der Waals surface area contributed by atoms with Gasteiger partial charge in [0.1, 0.15) is 0 Å². The summed E-state index contributed by atoms with van der Waals surface area (Å²) >= 11 is 0. The molecule has 0 heterocycles. The normalized spacial score (nSPS) is 11.2. The molecule has 6 nitrogen and oxygen atoms in total. The predicted molar refractivity (Wildman–Crippen MR) is 74.2 cm³/mol. The molecular formula is C13H19N3O3. The fourth-order valence-corrected chi connectivity index (χ4v) is 1.70. The van der Waals surface area contributed by atoms with E-state index in [-0.39, 0.29) is 11.6 Å². The predicted octanol–water partition coefficient (Wildman–Crippen LogP) is 2.23. The highest BCUT2D eigenvalue weighted by Gasteiger charge is 2.26. The largest absolute Gasteiger partial charge is 0.324 e. The van der Waals surface area contributed by atoms with Crippen LogP contribution < -0.4 is 10.6 Å². The van der Waals surface area contributed by atoms with Gasteiger partial charge in [-0.1, -0.05) is 6.92 Å². The quantitative estimate of drug-likeness (QED) is 0.631. The number of nitrogens with zero attached hydrogens (tertiary/aromatic N) is 1. The van der Waals surface area contributed by atoms with Gasteiger partial charge in [-0.3, -0.25) is 14.9 Å². The zero-order chi connectivity index (χ0) is 14.6. The van der Waals surface area contributed by atoms with Gasteiger partial charge in [0.2, 0.25) is 5.91 Å². The second-order valence-corrected chi connectivity index (χ2v) is 4.87. The highest BCUT2D eigenvalue weighted by atomic mass is 16.6. The van der Waals surface area contributed by atoms with Crippen LogP contribution in [0.3, 0.4) is 0 Å². The number of aryl methyl sites for hydroxylation is 1. The van der Waals surface area contributed by atoms with Gasteiger partial charge in [0, 0.05) is 17.8 Å². The van der Waals surface area contributed by atoms with Crippen LogP contribution in [0.5, 0.6) is 0 Å². The fourth-order valence-electron chi connectivity index (χ4n) is 1.70. The molecule has 0 spiro atoms. The van der Waals surface area contributed by atoms with Crippen molar-refractivity contribution in [2.45, 2.75) is 33.2 Å². The summed E-state index contributed by atoms with van der Waals surface area (Å²) in [5.41, 5.74) is 0.570. The van der Waals surface area contributed by atoms with Crippen LogP contribution in [0.25, 0.3) is 0 Å². The van der Waals surface area contributed by atoms with Crippen molar-refractivity contribution in [3.8, 4) is 0 Å². The summed E-state index contributed by atoms with van der Waals surface area (Å²) in [5.74, 6) is -0.175. The Hall–Kier alpha value is -1.95. The van der Waals surface area contributed by atoms with Crippen molar-refractivity contribution in [1.82, 2.24) is 5.32 Å². The third kappa shape index (κ3) is 3.75. The second-order valence-electron chi connectivity index (χ2n) is 4.87. The van der Waals surface area contributed by atoms with Gasteiger partial charge in [-0.05, 0) is 38.9 Å². The van der Waals surface area contributed by atoms with E-state index >= 15 is 0 Å². The monoisotopic (exact) mass is 265 g/mol. The molecule has 0 aliphatic carbocycles. The number of likely N-dealkylation sites (N-methyl/N-ethyl adjacent to an activating group) is 1. The van der Waals surface area contributed by atoms with Crippen LogP contribution in [0, 0.1) is 17.0 Å². The first kappa shape index (κ1) is 15.1. The van der Waals surface area contributed by atoms with E-state index < -0.39 is 10.5 Å². The maximum absolute atomic E-state index is 12.1. The van der Waals surface area contributed by atoms with Crippen molar-refractivity contribution in [1.29, 1.82) is 0 Å². The first-order valence-corrected chi connectivity index (χ1v) is 6.09. The van der Waals surface area contributed by atoms with Crippen LogP contribution in [-0.4, -0.2) is 22.9 Å². The highest BCUT2D eigenvalue weighted by Crippen LogP contribution is 2.22. The fraction of sp³-hybridized carbons (Fsp3) is 0.462. The van der Waals surface area contributed by atoms with Crippen molar-refractivity contribution < 1.29 is 9.72 Å². The van der Waals surface area contributed by atoms with Crippen LogP contribution in [0.2, 0.25) is 0 Å². The Bertz CT molecular complexity index is 498. The highest BCUT2D eigenvalue weighted by molar-refractivity contribution is 5.98. The zero-order valence-electron chi connectivity index (χ0n) is 11.6. The van der Waals surface area contributed by atoms with Gasteiger partial charge in [-0.2, -0.15) is 0 Å². The molecule has 0 saturated heterocycles. The van der Waals surface area contributed by atoms with Crippen LogP contribution >= 0.6 is 0 Å². The van der Waals surface area contributed by atoms with E-state index in [1.165, 1.54) is 12.1 Å². The minimum atomic E-state index is -0.692. The number of amides is 1. The smallest absolute Gasteiger partial charge is 0.269 e. The van der Waals surface area contributed by atoms with Gasteiger partial charge in [0.15, 0.2) is 0 Å². The first-order valence-electron chi connectivity index (χ1n) is 6.09. The van der Waals surface area contributed by atoms with Gasteiger partial charge >= 0.3 is 0 Å². The topological polar surface area (TPSA) is 84.3 Å². The van der Waals surface area contributed by atoms with Gasteiger partial charge in [0.25, 0.3) is 5.69 Å². The molecule has 0 fully saturated rings. The molecule has 1 aromatic rings. The molecule has 0 saturated carbocycles. The average molecular weight is 265 g/mol. The van der Waals surface area contributed by atoms with E-state index in [2.05, 4.69) is 10.6 Å². The summed E-state index contributed by atoms with van der Waals surface area (Å²) in [4.78, 5) is 22.3. The van der Waals surface area contributed by atoms with E-state index in [9.17, 15) is 14.9 Å². The molecule has 2 N–H and O–H groups in total. The molecule has 0 aliphatic rings. The average Bonchev–Trinajstić information content (AvgIpc) is 2.31. The Labute approximate surface area is 112 Å². The third-order valence-corrected chi connectivity index (χ3v) is 2.86. The lowest BCUT2D eigenvalue weighted by Crippen LogP contribution is -2.49. The lowest BCUT2D eigenvalue weighted by molar-refractivity contribution is -0.384. The van der Waals surface area contributed by atoms with Crippen LogP contribution in [0.1, 0.15) is 26.3 Å². The molecule has 0 aromatic heterocycles. The zero-order valence-corrected chi connectivity index (χ0v) is 11.6. The van der Waals surface area contributed by atoms with Crippen molar-refractivity contribution in [3.05, 3.63) is 33.9 Å². The molecule has 0 aliphatic heterocycles. The van der Waals surface area contributed by atoms with Gasteiger partial charge in [-0.15, -0.1) is 0 Å². The molecular weight excluding hydrogens is 246 g/mol. The Kier molecular flexibility index (Phi) is 4.61. The maximum atomic E-state index is 12.1. The van der Waals surface area contributed by atoms with Gasteiger partial charge in [-0.25, -0.2) is 0 Å². The third-order valence-electron chi connectivity index (χ3n) is 2.86. The van der Waals surface area contributed by atoms with Crippen LogP contribution in [0.4, 0.5) is 11.4 Å². The number of hydrogen-bond acceptors (Lipinski definition) is 4. The van der Waals surface area contributed by atoms with E-state index in [0.717, 1.165) is 0 Å². The van der Waals surface area contributed by atoms with Crippen LogP contribution in [0.15, 0.2) is 18.2 Å². The number of nitro groups is 1. The minimum Gasteiger partial charge on any atom is -0.324 e. The van der Waals surface area contributed by atoms with Crippen molar-refractivity contribution in [3.63, 3.8) is 0 Å². The molecule has 104 valence electrons. The summed E-state index contributed by atoms with van der Waals surface area (Å²) in [6, 6.07) is 4.37. The summed E-state index contributed by atoms with van der Waals surface area (Å²) < 4.78 is 0. The summed E-state index contributed by atoms with van der Waals surface area (Å²) in [6.45, 7) is 7.90. The Morgan fingerprint density at radius 3 is 2.53 bits per heavy atom. The Balaban J connectivity index is 2.89. The molecule has 0 unspecified atom stereocenters. The molecule has 19 heavy (non-hydrogen) atoms. The Morgan fingerprint density at radius 2 is 2.05 bits per heavy atom. The molecule has 0 bridgehead atoms. The lowest BCUT2D eigenvalue weighted by atomic mass is 10.0. The number of hydrogen-bond donors (Lipinski definition) is 2. The van der Waals surface area contributed by atoms with E-state index in [1.54, 1.807) is 26.8 Å². The summed E-state index contributed by atoms with van der Waals surface area (Å²) in [5, 5.41) is 16.5. The van der Waals surface area contributed by atoms with Gasteiger partial charge in [0.05, 0.1) is 10.5 Å². The van der Waals surface area contributed by atoms with E-state index in [1.807, 2.05) is 6.92 Å². The second kappa shape index (κ2) is 5.79. The van der Waals surface area contributed by atoms with Crippen molar-refractivity contribution >= 4 is 17.3 Å². The Morgan fingerprint density at radius 1 is 1.42 bits per heavy atom. The van der Waals surface area contributed by atoms with Crippen molar-refractivity contribution in [2.75, 3.05) is 11.9 Å². The maximum Gasteiger partial charge on any atom is 0.269 e. The number of benzene rings is 1. The number of nitro benzene ring substituents is 1. The number of carbonyl (C=O) groups excluding carboxylic acids is 1. The SMILES string of the molecule is CCNC(C)(C)C(=O)Nc1ccc([N+](=O)[O-])cc1C. The number of rotatable bonds is 5. The molecule has 1 amide bonds. The number of nitrogens with one attached hydrogen (secondary N) is 2. The standard InChI is InChI=1S/C13H19N3O3/c1-5-14-13(3,4)12(17)15-11-7-6-10(16(18)19)8-9(11)2/h6-8,14H,5H2,1-4H3,(H,15,17). The molecule has 6 heteroatoms. The number of non-ortho nitro benzene ring substituents is 1. The molecule has 1 rings (SSSR count). The van der Waals surface area contributed by atoms with Gasteiger partial charge < -0.3 is 10.6 Å². The van der Waals surface area contributed by atoms with E-state index in [4.69, 9.17) is 0 Å². The summed E-state index contributed by atoms with van der Waals surface area (Å²) in [6.07, 6.45) is 0. The van der Waals surface area contributed by atoms with Crippen LogP contribution in [-0.2, 0) is 4.79 Å². The van der Waals surface area contributed by atoms with E-state index in [0.29, 0.717) is 17.8 Å².